The van der Waals surface area contributed by atoms with Crippen LogP contribution in [0.3, 0.4) is 0 Å². The highest BCUT2D eigenvalue weighted by atomic mass is 19.3. The van der Waals surface area contributed by atoms with Crippen molar-refractivity contribution in [3.63, 3.8) is 0 Å². The van der Waals surface area contributed by atoms with E-state index >= 15 is 0 Å². The van der Waals surface area contributed by atoms with Crippen LogP contribution in [0.1, 0.15) is 13.8 Å². The predicted octanol–water partition coefficient (Wildman–Crippen LogP) is 2.72. The van der Waals surface area contributed by atoms with Gasteiger partial charge < -0.3 is 9.47 Å². The molecular formula is C6H8F4O2. The van der Waals surface area contributed by atoms with Crippen molar-refractivity contribution < 1.29 is 27.0 Å². The summed E-state index contributed by atoms with van der Waals surface area (Å²) in [5.41, 5.74) is 0. The van der Waals surface area contributed by atoms with Gasteiger partial charge in [-0.25, -0.2) is 0 Å². The molecule has 0 amide bonds. The van der Waals surface area contributed by atoms with Crippen LogP contribution in [0.15, 0.2) is 12.0 Å². The number of hydrogen-bond donors (Lipinski definition) is 0. The maximum absolute atomic E-state index is 12.0. The number of hydrogen-bond acceptors (Lipinski definition) is 2. The number of alkyl halides is 2. The first-order valence-electron chi connectivity index (χ1n) is 3.11. The second-order valence-electron chi connectivity index (χ2n) is 1.89. The van der Waals surface area contributed by atoms with Gasteiger partial charge in [0, 0.05) is 6.92 Å². The fourth-order valence-electron chi connectivity index (χ4n) is 0.416. The normalized spacial score (nSPS) is 10.8. The van der Waals surface area contributed by atoms with Crippen molar-refractivity contribution in [3.05, 3.63) is 12.0 Å². The van der Waals surface area contributed by atoms with E-state index < -0.39 is 18.1 Å². The Kier molecular flexibility index (Phi) is 3.85. The second kappa shape index (κ2) is 4.18. The smallest absolute Gasteiger partial charge is 0.397 e. The molecule has 0 aromatic heterocycles. The minimum absolute atomic E-state index is 0.164. The molecule has 0 aromatic rings. The molecule has 0 N–H and O–H groups in total. The van der Waals surface area contributed by atoms with Crippen molar-refractivity contribution in [1.82, 2.24) is 0 Å². The number of rotatable bonds is 4. The minimum Gasteiger partial charge on any atom is -0.462 e. The van der Waals surface area contributed by atoms with Gasteiger partial charge in [0.2, 0.25) is 0 Å². The summed E-state index contributed by atoms with van der Waals surface area (Å²) in [5, 5.41) is 0. The summed E-state index contributed by atoms with van der Waals surface area (Å²) in [6.45, 7) is 1.55. The zero-order chi connectivity index (χ0) is 9.78. The highest BCUT2D eigenvalue weighted by molar-refractivity contribution is 4.83. The molecule has 72 valence electrons. The van der Waals surface area contributed by atoms with Crippen LogP contribution >= 0.6 is 0 Å². The van der Waals surface area contributed by atoms with E-state index in [1.165, 1.54) is 6.92 Å². The molecule has 0 saturated carbocycles. The maximum Gasteiger partial charge on any atom is 0.397 e. The summed E-state index contributed by atoms with van der Waals surface area (Å²) in [6.07, 6.45) is -6.06. The molecule has 0 unspecified atom stereocenters. The highest BCUT2D eigenvalue weighted by Gasteiger charge is 2.27. The first-order chi connectivity index (χ1) is 5.37. The Morgan fingerprint density at radius 1 is 1.33 bits per heavy atom. The van der Waals surface area contributed by atoms with Crippen molar-refractivity contribution >= 4 is 0 Å². The van der Waals surface area contributed by atoms with Crippen molar-refractivity contribution in [2.75, 3.05) is 6.61 Å². The third-order valence-corrected chi connectivity index (χ3v) is 0.702. The monoisotopic (exact) mass is 188 g/mol. The molecule has 0 aliphatic carbocycles. The van der Waals surface area contributed by atoms with Crippen LogP contribution in [0, 0.1) is 0 Å². The van der Waals surface area contributed by atoms with Gasteiger partial charge in [0.1, 0.15) is 0 Å². The lowest BCUT2D eigenvalue weighted by Crippen LogP contribution is -2.16. The predicted molar refractivity (Wildman–Crippen MR) is 32.6 cm³/mol. The molecule has 12 heavy (non-hydrogen) atoms. The molecule has 0 aliphatic rings. The molecule has 0 saturated heterocycles. The Bertz CT molecular complexity index is 169. The minimum atomic E-state index is -3.66. The molecule has 0 heterocycles. The summed E-state index contributed by atoms with van der Waals surface area (Å²) in [5.74, 6) is -1.43. The van der Waals surface area contributed by atoms with Gasteiger partial charge in [0.05, 0.1) is 6.61 Å². The van der Waals surface area contributed by atoms with E-state index in [1.807, 2.05) is 0 Å². The van der Waals surface area contributed by atoms with Gasteiger partial charge in [-0.2, -0.15) is 17.6 Å². The van der Waals surface area contributed by atoms with Gasteiger partial charge in [-0.3, -0.25) is 0 Å². The van der Waals surface area contributed by atoms with E-state index in [-0.39, 0.29) is 6.61 Å². The molecule has 0 rings (SSSR count). The lowest BCUT2D eigenvalue weighted by molar-refractivity contribution is -0.229. The molecule has 0 spiro atoms. The SMILES string of the molecule is CCOC(OC(C)(F)F)=C(F)F. The Hall–Kier alpha value is -0.940. The fourth-order valence-corrected chi connectivity index (χ4v) is 0.416. The summed E-state index contributed by atoms with van der Waals surface area (Å²) >= 11 is 0. The Morgan fingerprint density at radius 2 is 1.83 bits per heavy atom. The standard InChI is InChI=1S/C6H8F4O2/c1-3-11-5(4(7)8)12-6(2,9)10/h3H2,1-2H3. The Balaban J connectivity index is 4.26. The molecule has 2 nitrogen and oxygen atoms in total. The average Bonchev–Trinajstić information content (AvgIpc) is 1.83. The lowest BCUT2D eigenvalue weighted by atomic mass is 10.7. The topological polar surface area (TPSA) is 18.5 Å². The molecule has 0 fully saturated rings. The van der Waals surface area contributed by atoms with Gasteiger partial charge in [0.15, 0.2) is 0 Å². The Labute approximate surface area is 66.8 Å². The Morgan fingerprint density at radius 3 is 2.08 bits per heavy atom. The zero-order valence-corrected chi connectivity index (χ0v) is 6.54. The number of halogens is 4. The lowest BCUT2D eigenvalue weighted by Gasteiger charge is -2.14. The van der Waals surface area contributed by atoms with Crippen molar-refractivity contribution in [3.8, 4) is 0 Å². The fraction of sp³-hybridized carbons (Fsp3) is 0.667. The van der Waals surface area contributed by atoms with Gasteiger partial charge in [-0.1, -0.05) is 0 Å². The number of ether oxygens (including phenoxy) is 2. The largest absolute Gasteiger partial charge is 0.462 e. The van der Waals surface area contributed by atoms with E-state index in [0.29, 0.717) is 6.92 Å². The van der Waals surface area contributed by atoms with Gasteiger partial charge in [-0.15, -0.1) is 0 Å². The first-order valence-corrected chi connectivity index (χ1v) is 3.11. The third-order valence-electron chi connectivity index (χ3n) is 0.702. The highest BCUT2D eigenvalue weighted by Crippen LogP contribution is 2.22. The van der Waals surface area contributed by atoms with Gasteiger partial charge in [0.25, 0.3) is 0 Å². The van der Waals surface area contributed by atoms with E-state index in [2.05, 4.69) is 9.47 Å². The van der Waals surface area contributed by atoms with E-state index in [1.54, 1.807) is 0 Å². The van der Waals surface area contributed by atoms with Crippen molar-refractivity contribution in [1.29, 1.82) is 0 Å². The van der Waals surface area contributed by atoms with Crippen LogP contribution in [0.25, 0.3) is 0 Å². The summed E-state index contributed by atoms with van der Waals surface area (Å²) in [6, 6.07) is 0. The van der Waals surface area contributed by atoms with Crippen LogP contribution in [0.5, 0.6) is 0 Å². The van der Waals surface area contributed by atoms with Crippen molar-refractivity contribution in [2.24, 2.45) is 0 Å². The van der Waals surface area contributed by atoms with Gasteiger partial charge in [-0.05, 0) is 6.92 Å². The van der Waals surface area contributed by atoms with E-state index in [9.17, 15) is 17.6 Å². The molecule has 0 atom stereocenters. The van der Waals surface area contributed by atoms with Crippen molar-refractivity contribution in [2.45, 2.75) is 20.0 Å². The summed E-state index contributed by atoms with van der Waals surface area (Å²) < 4.78 is 55.0. The van der Waals surface area contributed by atoms with Crippen LogP contribution in [0.4, 0.5) is 17.6 Å². The average molecular weight is 188 g/mol. The van der Waals surface area contributed by atoms with Crippen LogP contribution in [0.2, 0.25) is 0 Å². The zero-order valence-electron chi connectivity index (χ0n) is 6.54. The quantitative estimate of drug-likeness (QED) is 0.498. The molecule has 0 aliphatic heterocycles. The summed E-state index contributed by atoms with van der Waals surface area (Å²) in [4.78, 5) is 0. The van der Waals surface area contributed by atoms with Gasteiger partial charge >= 0.3 is 18.1 Å². The van der Waals surface area contributed by atoms with E-state index in [4.69, 9.17) is 0 Å². The van der Waals surface area contributed by atoms with Crippen LogP contribution < -0.4 is 0 Å². The second-order valence-corrected chi connectivity index (χ2v) is 1.89. The first kappa shape index (κ1) is 11.1. The molecule has 6 heteroatoms. The molecular weight excluding hydrogens is 180 g/mol. The molecule has 0 radical (unpaired) electrons. The van der Waals surface area contributed by atoms with E-state index in [0.717, 1.165) is 0 Å². The molecule has 0 aromatic carbocycles. The third kappa shape index (κ3) is 4.81. The van der Waals surface area contributed by atoms with Crippen LogP contribution in [-0.4, -0.2) is 12.7 Å². The van der Waals surface area contributed by atoms with Crippen LogP contribution in [-0.2, 0) is 9.47 Å². The molecule has 0 bridgehead atoms. The summed E-state index contributed by atoms with van der Waals surface area (Å²) in [7, 11) is 0. The maximum atomic E-state index is 12.0.